The van der Waals surface area contributed by atoms with Crippen LogP contribution in [-0.2, 0) is 4.65 Å². The zero-order valence-corrected chi connectivity index (χ0v) is 24.3. The van der Waals surface area contributed by atoms with Crippen LogP contribution in [0, 0.1) is 0 Å². The van der Waals surface area contributed by atoms with Crippen molar-refractivity contribution in [3.63, 3.8) is 0 Å². The van der Waals surface area contributed by atoms with Gasteiger partial charge in [0.05, 0.1) is 5.60 Å². The van der Waals surface area contributed by atoms with Crippen molar-refractivity contribution in [2.24, 2.45) is 0 Å². The van der Waals surface area contributed by atoms with Gasteiger partial charge in [-0.3, -0.25) is 0 Å². The molecule has 5 aromatic carbocycles. The van der Waals surface area contributed by atoms with Gasteiger partial charge in [0.25, 0.3) is 0 Å². The molecular formula is C36H35BOP. The summed E-state index contributed by atoms with van der Waals surface area (Å²) in [5.41, 5.74) is 10.3. The van der Waals surface area contributed by atoms with Crippen LogP contribution in [0.3, 0.4) is 0 Å². The van der Waals surface area contributed by atoms with Gasteiger partial charge >= 0.3 is 7.48 Å². The average Bonchev–Trinajstić information content (AvgIpc) is 2.96. The first-order valence-corrected chi connectivity index (χ1v) is 14.0. The van der Waals surface area contributed by atoms with E-state index in [4.69, 9.17) is 4.65 Å². The molecule has 0 aliphatic carbocycles. The normalized spacial score (nSPS) is 11.8. The summed E-state index contributed by atoms with van der Waals surface area (Å²) >= 11 is 0. The quantitative estimate of drug-likeness (QED) is 0.145. The fourth-order valence-corrected chi connectivity index (χ4v) is 4.46. The summed E-state index contributed by atoms with van der Waals surface area (Å²) in [5, 5.41) is -0.0789. The molecule has 0 aromatic heterocycles. The minimum Gasteiger partial charge on any atom is -0.429 e. The minimum atomic E-state index is -0.345. The van der Waals surface area contributed by atoms with Gasteiger partial charge < -0.3 is 4.65 Å². The third kappa shape index (κ3) is 6.42. The highest BCUT2D eigenvalue weighted by atomic mass is 31.0. The largest absolute Gasteiger partial charge is 0.429 e. The van der Waals surface area contributed by atoms with Crippen molar-refractivity contribution in [2.45, 2.75) is 38.5 Å². The number of hydrogen-bond acceptors (Lipinski definition) is 1. The Morgan fingerprint density at radius 1 is 0.462 bits per heavy atom. The third-order valence-electron chi connectivity index (χ3n) is 7.65. The van der Waals surface area contributed by atoms with Gasteiger partial charge in [-0.05, 0) is 64.4 Å². The lowest BCUT2D eigenvalue weighted by atomic mass is 9.81. The zero-order chi connectivity index (χ0) is 27.5. The molecule has 0 fully saturated rings. The first-order chi connectivity index (χ1) is 18.7. The molecule has 0 spiro atoms. The van der Waals surface area contributed by atoms with E-state index < -0.39 is 0 Å². The smallest absolute Gasteiger partial charge is 0.330 e. The van der Waals surface area contributed by atoms with Crippen LogP contribution in [0.4, 0.5) is 0 Å². The predicted molar refractivity (Wildman–Crippen MR) is 173 cm³/mol. The summed E-state index contributed by atoms with van der Waals surface area (Å²) in [7, 11) is 4.82. The molecule has 0 heterocycles. The van der Waals surface area contributed by atoms with E-state index in [1.54, 1.807) is 0 Å². The predicted octanol–water partition coefficient (Wildman–Crippen LogP) is 9.05. The molecule has 39 heavy (non-hydrogen) atoms. The van der Waals surface area contributed by atoms with Crippen molar-refractivity contribution < 1.29 is 4.65 Å². The van der Waals surface area contributed by atoms with Crippen molar-refractivity contribution in [3.05, 3.63) is 127 Å². The molecular weight excluding hydrogens is 490 g/mol. The van der Waals surface area contributed by atoms with Crippen molar-refractivity contribution >= 4 is 22.2 Å². The monoisotopic (exact) mass is 525 g/mol. The number of rotatable bonds is 8. The van der Waals surface area contributed by atoms with Gasteiger partial charge in [0.15, 0.2) is 0 Å². The Morgan fingerprint density at radius 3 is 1.15 bits per heavy atom. The van der Waals surface area contributed by atoms with Gasteiger partial charge in [-0.15, -0.1) is 9.24 Å². The van der Waals surface area contributed by atoms with Gasteiger partial charge in [-0.2, -0.15) is 0 Å². The van der Waals surface area contributed by atoms with Crippen LogP contribution in [0.1, 0.15) is 27.7 Å². The van der Waals surface area contributed by atoms with Gasteiger partial charge in [0, 0.05) is 5.16 Å². The van der Waals surface area contributed by atoms with E-state index >= 15 is 0 Å². The molecule has 1 unspecified atom stereocenters. The van der Waals surface area contributed by atoms with Crippen molar-refractivity contribution in [2.75, 3.05) is 0 Å². The Morgan fingerprint density at radius 2 is 0.795 bits per heavy atom. The fourth-order valence-electron chi connectivity index (χ4n) is 4.39. The maximum Gasteiger partial charge on any atom is 0.330 e. The molecule has 0 amide bonds. The van der Waals surface area contributed by atoms with Crippen LogP contribution < -0.4 is 5.46 Å². The second-order valence-corrected chi connectivity index (χ2v) is 12.6. The third-order valence-corrected chi connectivity index (χ3v) is 8.34. The molecule has 1 atom stereocenters. The maximum absolute atomic E-state index is 6.37. The molecule has 5 rings (SSSR count). The lowest BCUT2D eigenvalue weighted by Crippen LogP contribution is -2.45. The summed E-state index contributed by atoms with van der Waals surface area (Å²) in [6.07, 6.45) is 0. The highest BCUT2D eigenvalue weighted by Gasteiger charge is 2.33. The summed E-state index contributed by atoms with van der Waals surface area (Å²) in [5.74, 6) is 0. The Labute approximate surface area is 236 Å². The average molecular weight is 525 g/mol. The summed E-state index contributed by atoms with van der Waals surface area (Å²) < 4.78 is 6.37. The molecule has 1 nitrogen and oxygen atoms in total. The van der Waals surface area contributed by atoms with E-state index in [2.05, 4.69) is 164 Å². The van der Waals surface area contributed by atoms with Crippen molar-refractivity contribution in [3.8, 4) is 44.5 Å². The standard InChI is InChI=1S/C36H35BOP/c1-35(2,36(3,4)39)38-37-34-24-32(30-19-15-28(16-20-30)26-11-7-5-8-12-26)23-33(25-34)31-21-17-29(18-22-31)27-13-9-6-10-14-27/h5-25H,39H2,1-4H3. The van der Waals surface area contributed by atoms with E-state index in [9.17, 15) is 0 Å². The van der Waals surface area contributed by atoms with E-state index in [1.807, 2.05) is 7.48 Å². The topological polar surface area (TPSA) is 9.23 Å². The van der Waals surface area contributed by atoms with Gasteiger partial charge in [-0.25, -0.2) is 0 Å². The number of benzene rings is 5. The molecule has 3 heteroatoms. The van der Waals surface area contributed by atoms with Crippen LogP contribution in [0.25, 0.3) is 44.5 Å². The van der Waals surface area contributed by atoms with Gasteiger partial charge in [0.1, 0.15) is 0 Å². The first kappa shape index (κ1) is 27.1. The highest BCUT2D eigenvalue weighted by Crippen LogP contribution is 2.34. The molecule has 193 valence electrons. The molecule has 5 aromatic rings. The lowest BCUT2D eigenvalue weighted by Gasteiger charge is -2.39. The van der Waals surface area contributed by atoms with Crippen molar-refractivity contribution in [1.29, 1.82) is 0 Å². The fraction of sp³-hybridized carbons (Fsp3) is 0.167. The Bertz CT molecular complexity index is 1420. The van der Waals surface area contributed by atoms with Crippen LogP contribution in [0.15, 0.2) is 127 Å². The van der Waals surface area contributed by atoms with Crippen LogP contribution in [0.2, 0.25) is 0 Å². The summed E-state index contributed by atoms with van der Waals surface area (Å²) in [4.78, 5) is 0. The second kappa shape index (κ2) is 11.3. The van der Waals surface area contributed by atoms with Gasteiger partial charge in [-0.1, -0.05) is 141 Å². The highest BCUT2D eigenvalue weighted by molar-refractivity contribution is 7.19. The molecule has 0 saturated carbocycles. The van der Waals surface area contributed by atoms with Gasteiger partial charge in [0.2, 0.25) is 0 Å². The van der Waals surface area contributed by atoms with E-state index in [1.165, 1.54) is 33.4 Å². The SMILES string of the molecule is CC(C)(P)C(C)(C)O[B]c1cc(-c2ccc(-c3ccccc3)cc2)cc(-c2ccc(-c3ccccc3)cc2)c1. The molecule has 0 saturated heterocycles. The van der Waals surface area contributed by atoms with E-state index in [0.717, 1.165) is 16.6 Å². The summed E-state index contributed by atoms with van der Waals surface area (Å²) in [6.45, 7) is 8.61. The Balaban J connectivity index is 1.50. The Kier molecular flexibility index (Phi) is 7.89. The van der Waals surface area contributed by atoms with E-state index in [-0.39, 0.29) is 10.8 Å². The van der Waals surface area contributed by atoms with Crippen LogP contribution in [0.5, 0.6) is 0 Å². The van der Waals surface area contributed by atoms with E-state index in [0.29, 0.717) is 0 Å². The molecule has 0 aliphatic rings. The molecule has 1 radical (unpaired) electrons. The van der Waals surface area contributed by atoms with Crippen molar-refractivity contribution in [1.82, 2.24) is 0 Å². The maximum atomic E-state index is 6.37. The number of hydrogen-bond donors (Lipinski definition) is 0. The zero-order valence-electron chi connectivity index (χ0n) is 23.2. The molecule has 0 bridgehead atoms. The second-order valence-electron chi connectivity index (χ2n) is 11.2. The lowest BCUT2D eigenvalue weighted by molar-refractivity contribution is 0.0841. The van der Waals surface area contributed by atoms with Crippen LogP contribution >= 0.6 is 9.24 Å². The van der Waals surface area contributed by atoms with Crippen LogP contribution in [-0.4, -0.2) is 18.2 Å². The Hall–Kier alpha value is -3.45. The summed E-state index contributed by atoms with van der Waals surface area (Å²) in [6, 6.07) is 45.3. The first-order valence-electron chi connectivity index (χ1n) is 13.5. The molecule has 0 N–H and O–H groups in total. The minimum absolute atomic E-state index is 0.0789. The molecule has 0 aliphatic heterocycles.